The fraction of sp³-hybridized carbons (Fsp3) is 0.438. The number of nitrogens with zero attached hydrogens (tertiary/aromatic N) is 1. The van der Waals surface area contributed by atoms with E-state index in [1.807, 2.05) is 11.7 Å². The second-order valence-electron chi connectivity index (χ2n) is 5.33. The Morgan fingerprint density at radius 2 is 1.95 bits per heavy atom. The normalized spacial score (nSPS) is 12.8. The third kappa shape index (κ3) is 4.77. The summed E-state index contributed by atoms with van der Waals surface area (Å²) in [6.07, 6.45) is 3.06. The fourth-order valence-electron chi connectivity index (χ4n) is 2.17. The van der Waals surface area contributed by atoms with Gasteiger partial charge in [-0.25, -0.2) is 0 Å². The van der Waals surface area contributed by atoms with Gasteiger partial charge in [0.05, 0.1) is 5.51 Å². The monoisotopic (exact) mass is 274 g/mol. The first-order valence-electron chi connectivity index (χ1n) is 6.88. The molecule has 0 radical (unpaired) electrons. The molecule has 3 heteroatoms. The number of thiazole rings is 1. The summed E-state index contributed by atoms with van der Waals surface area (Å²) >= 11 is 1.75. The van der Waals surface area contributed by atoms with Gasteiger partial charge in [0.2, 0.25) is 0 Å². The van der Waals surface area contributed by atoms with Crippen molar-refractivity contribution in [2.24, 2.45) is 5.92 Å². The zero-order valence-electron chi connectivity index (χ0n) is 11.7. The molecule has 1 unspecified atom stereocenters. The van der Waals surface area contributed by atoms with Gasteiger partial charge in [-0.1, -0.05) is 44.2 Å². The molecule has 1 aromatic heterocycles. The van der Waals surface area contributed by atoms with Crippen LogP contribution in [0.25, 0.3) is 0 Å². The van der Waals surface area contributed by atoms with Gasteiger partial charge in [-0.3, -0.25) is 4.98 Å². The Balaban J connectivity index is 2.00. The molecule has 1 heterocycles. The molecule has 0 spiro atoms. The van der Waals surface area contributed by atoms with E-state index in [-0.39, 0.29) is 0 Å². The largest absolute Gasteiger partial charge is 0.316 e. The molecule has 0 amide bonds. The molecule has 0 fully saturated rings. The molecule has 0 aliphatic rings. The summed E-state index contributed by atoms with van der Waals surface area (Å²) in [4.78, 5) is 5.54. The van der Waals surface area contributed by atoms with E-state index in [1.54, 1.807) is 11.3 Å². The molecule has 2 aromatic rings. The Hall–Kier alpha value is -1.19. The van der Waals surface area contributed by atoms with Gasteiger partial charge < -0.3 is 5.32 Å². The third-order valence-corrected chi connectivity index (χ3v) is 3.95. The van der Waals surface area contributed by atoms with Crippen molar-refractivity contribution in [3.8, 4) is 0 Å². The van der Waals surface area contributed by atoms with E-state index in [9.17, 15) is 0 Å². The number of benzene rings is 1. The van der Waals surface area contributed by atoms with Crippen LogP contribution < -0.4 is 5.32 Å². The Bertz CT molecular complexity index is 451. The van der Waals surface area contributed by atoms with Gasteiger partial charge in [-0.2, -0.15) is 0 Å². The third-order valence-electron chi connectivity index (χ3n) is 3.15. The highest BCUT2D eigenvalue weighted by Gasteiger charge is 2.13. The van der Waals surface area contributed by atoms with Crippen molar-refractivity contribution in [2.45, 2.75) is 26.2 Å². The molecule has 0 saturated carbocycles. The van der Waals surface area contributed by atoms with E-state index < -0.39 is 0 Å². The fourth-order valence-corrected chi connectivity index (χ4v) is 2.84. The van der Waals surface area contributed by atoms with Gasteiger partial charge in [-0.05, 0) is 24.4 Å². The van der Waals surface area contributed by atoms with Crippen molar-refractivity contribution in [3.05, 3.63) is 52.5 Å². The van der Waals surface area contributed by atoms with Gasteiger partial charge in [0.1, 0.15) is 0 Å². The summed E-state index contributed by atoms with van der Waals surface area (Å²) < 4.78 is 0. The molecule has 1 atom stereocenters. The Morgan fingerprint density at radius 1 is 1.16 bits per heavy atom. The van der Waals surface area contributed by atoms with Crippen LogP contribution in [0.15, 0.2) is 42.0 Å². The molecular weight excluding hydrogens is 252 g/mol. The SMILES string of the molecule is CC(C)CNCC(Cc1cncs1)c1ccccc1. The smallest absolute Gasteiger partial charge is 0.0794 e. The summed E-state index contributed by atoms with van der Waals surface area (Å²) in [5.41, 5.74) is 3.33. The van der Waals surface area contributed by atoms with Crippen molar-refractivity contribution < 1.29 is 0 Å². The molecule has 2 rings (SSSR count). The summed E-state index contributed by atoms with van der Waals surface area (Å²) in [7, 11) is 0. The first-order valence-corrected chi connectivity index (χ1v) is 7.76. The zero-order valence-corrected chi connectivity index (χ0v) is 12.5. The molecule has 0 aliphatic heterocycles. The summed E-state index contributed by atoms with van der Waals surface area (Å²) in [6.45, 7) is 6.59. The highest BCUT2D eigenvalue weighted by Crippen LogP contribution is 2.22. The van der Waals surface area contributed by atoms with Crippen molar-refractivity contribution in [2.75, 3.05) is 13.1 Å². The lowest BCUT2D eigenvalue weighted by Gasteiger charge is -2.18. The number of aromatic nitrogens is 1. The highest BCUT2D eigenvalue weighted by atomic mass is 32.1. The Labute approximate surface area is 119 Å². The summed E-state index contributed by atoms with van der Waals surface area (Å²) in [6, 6.07) is 10.8. The predicted octanol–water partition coefficient (Wildman–Crippen LogP) is 3.72. The Morgan fingerprint density at radius 3 is 2.58 bits per heavy atom. The van der Waals surface area contributed by atoms with Crippen LogP contribution in [0.2, 0.25) is 0 Å². The number of hydrogen-bond acceptors (Lipinski definition) is 3. The van der Waals surface area contributed by atoms with E-state index in [0.717, 1.165) is 19.5 Å². The molecule has 1 N–H and O–H groups in total. The summed E-state index contributed by atoms with van der Waals surface area (Å²) in [5.74, 6) is 1.22. The molecule has 102 valence electrons. The predicted molar refractivity (Wildman–Crippen MR) is 82.7 cm³/mol. The van der Waals surface area contributed by atoms with Crippen LogP contribution in [0, 0.1) is 5.92 Å². The van der Waals surface area contributed by atoms with Crippen molar-refractivity contribution >= 4 is 11.3 Å². The van der Waals surface area contributed by atoms with Crippen LogP contribution in [0.1, 0.15) is 30.2 Å². The minimum atomic E-state index is 0.528. The average molecular weight is 274 g/mol. The van der Waals surface area contributed by atoms with E-state index in [0.29, 0.717) is 11.8 Å². The maximum atomic E-state index is 4.18. The van der Waals surface area contributed by atoms with Gasteiger partial charge in [-0.15, -0.1) is 11.3 Å². The second kappa shape index (κ2) is 7.41. The van der Waals surface area contributed by atoms with Gasteiger partial charge in [0.15, 0.2) is 0 Å². The number of rotatable bonds is 7. The van der Waals surface area contributed by atoms with E-state index in [2.05, 4.69) is 54.5 Å². The zero-order chi connectivity index (χ0) is 13.5. The van der Waals surface area contributed by atoms with E-state index in [4.69, 9.17) is 0 Å². The summed E-state index contributed by atoms with van der Waals surface area (Å²) in [5, 5.41) is 3.58. The molecule has 0 bridgehead atoms. The van der Waals surface area contributed by atoms with Crippen LogP contribution in [0.3, 0.4) is 0 Å². The van der Waals surface area contributed by atoms with Gasteiger partial charge in [0.25, 0.3) is 0 Å². The van der Waals surface area contributed by atoms with Crippen molar-refractivity contribution in [1.82, 2.24) is 10.3 Å². The van der Waals surface area contributed by atoms with Crippen molar-refractivity contribution in [3.63, 3.8) is 0 Å². The lowest BCUT2D eigenvalue weighted by molar-refractivity contribution is 0.515. The quantitative estimate of drug-likeness (QED) is 0.832. The van der Waals surface area contributed by atoms with Crippen LogP contribution in [0.4, 0.5) is 0 Å². The van der Waals surface area contributed by atoms with Crippen LogP contribution in [-0.4, -0.2) is 18.1 Å². The van der Waals surface area contributed by atoms with E-state index in [1.165, 1.54) is 10.4 Å². The highest BCUT2D eigenvalue weighted by molar-refractivity contribution is 7.09. The first kappa shape index (κ1) is 14.2. The molecular formula is C16H22N2S. The first-order chi connectivity index (χ1) is 9.25. The van der Waals surface area contributed by atoms with Crippen LogP contribution in [-0.2, 0) is 6.42 Å². The molecule has 0 saturated heterocycles. The van der Waals surface area contributed by atoms with Gasteiger partial charge >= 0.3 is 0 Å². The Kier molecular flexibility index (Phi) is 5.55. The van der Waals surface area contributed by atoms with Gasteiger partial charge in [0, 0.05) is 23.5 Å². The van der Waals surface area contributed by atoms with E-state index >= 15 is 0 Å². The minimum absolute atomic E-state index is 0.528. The number of hydrogen-bond donors (Lipinski definition) is 1. The standard InChI is InChI=1S/C16H22N2S/c1-13(2)9-17-10-15(8-16-11-18-12-19-16)14-6-4-3-5-7-14/h3-7,11-13,15,17H,8-10H2,1-2H3. The van der Waals surface area contributed by atoms with Crippen molar-refractivity contribution in [1.29, 1.82) is 0 Å². The van der Waals surface area contributed by atoms with Crippen LogP contribution >= 0.6 is 11.3 Å². The molecule has 19 heavy (non-hydrogen) atoms. The van der Waals surface area contributed by atoms with Crippen LogP contribution in [0.5, 0.6) is 0 Å². The molecule has 1 aromatic carbocycles. The maximum Gasteiger partial charge on any atom is 0.0794 e. The lowest BCUT2D eigenvalue weighted by Crippen LogP contribution is -2.26. The minimum Gasteiger partial charge on any atom is -0.316 e. The topological polar surface area (TPSA) is 24.9 Å². The second-order valence-corrected chi connectivity index (χ2v) is 6.30. The molecule has 0 aliphatic carbocycles. The lowest BCUT2D eigenvalue weighted by atomic mass is 9.95. The maximum absolute atomic E-state index is 4.18. The molecule has 2 nitrogen and oxygen atoms in total. The number of nitrogens with one attached hydrogen (secondary N) is 1. The average Bonchev–Trinajstić information content (AvgIpc) is 2.91.